The van der Waals surface area contributed by atoms with E-state index in [9.17, 15) is 14.7 Å². The summed E-state index contributed by atoms with van der Waals surface area (Å²) >= 11 is 0. The Morgan fingerprint density at radius 3 is 2.55 bits per heavy atom. The highest BCUT2D eigenvalue weighted by Gasteiger charge is 2.49. The summed E-state index contributed by atoms with van der Waals surface area (Å²) < 4.78 is 5.93. The Kier molecular flexibility index (Phi) is 5.31. The molecule has 5 heteroatoms. The Bertz CT molecular complexity index is 921. The van der Waals surface area contributed by atoms with Crippen LogP contribution in [0.25, 0.3) is 0 Å². The predicted octanol–water partition coefficient (Wildman–Crippen LogP) is 4.38. The number of fused-ring (bicyclic) bond motifs is 1. The lowest BCUT2D eigenvalue weighted by molar-refractivity contribution is -0.158. The number of carboxylic acid groups (broad SMARTS) is 1. The summed E-state index contributed by atoms with van der Waals surface area (Å²) in [6.07, 6.45) is 5.88. The van der Waals surface area contributed by atoms with Gasteiger partial charge in [-0.3, -0.25) is 4.79 Å². The standard InChI is InChI=1S/C24H27NO4/c1-16-4-3-13-24(16,23(27)28)29-21-11-7-17(8-12-21)14-22(26)25-20-10-9-18-5-2-6-19(18)15-20/h7-12,15-16H,2-6,13-14H2,1H3,(H,25,26)(H,27,28). The van der Waals surface area contributed by atoms with Gasteiger partial charge in [0.15, 0.2) is 0 Å². The maximum absolute atomic E-state index is 12.4. The summed E-state index contributed by atoms with van der Waals surface area (Å²) in [5, 5.41) is 12.7. The summed E-state index contributed by atoms with van der Waals surface area (Å²) in [4.78, 5) is 24.2. The topological polar surface area (TPSA) is 75.6 Å². The minimum absolute atomic E-state index is 0.0298. The number of ether oxygens (including phenoxy) is 1. The summed E-state index contributed by atoms with van der Waals surface area (Å²) in [7, 11) is 0. The maximum Gasteiger partial charge on any atom is 0.348 e. The molecule has 0 radical (unpaired) electrons. The molecule has 2 N–H and O–H groups in total. The van der Waals surface area contributed by atoms with Crippen LogP contribution in [-0.4, -0.2) is 22.6 Å². The fourth-order valence-corrected chi connectivity index (χ4v) is 4.59. The predicted molar refractivity (Wildman–Crippen MR) is 111 cm³/mol. The average Bonchev–Trinajstić information content (AvgIpc) is 3.30. The Morgan fingerprint density at radius 1 is 1.10 bits per heavy atom. The van der Waals surface area contributed by atoms with Crippen molar-refractivity contribution in [2.45, 2.75) is 57.5 Å². The fourth-order valence-electron chi connectivity index (χ4n) is 4.59. The molecule has 5 nitrogen and oxygen atoms in total. The highest BCUT2D eigenvalue weighted by Crippen LogP contribution is 2.39. The first-order valence-electron chi connectivity index (χ1n) is 10.4. The number of carbonyl (C=O) groups is 2. The number of nitrogens with one attached hydrogen (secondary N) is 1. The lowest BCUT2D eigenvalue weighted by Gasteiger charge is -2.30. The Hall–Kier alpha value is -2.82. The molecule has 1 amide bonds. The maximum atomic E-state index is 12.4. The van der Waals surface area contributed by atoms with E-state index >= 15 is 0 Å². The lowest BCUT2D eigenvalue weighted by Crippen LogP contribution is -2.46. The minimum Gasteiger partial charge on any atom is -0.478 e. The van der Waals surface area contributed by atoms with Gasteiger partial charge in [0.1, 0.15) is 5.75 Å². The largest absolute Gasteiger partial charge is 0.478 e. The van der Waals surface area contributed by atoms with E-state index in [4.69, 9.17) is 4.74 Å². The van der Waals surface area contributed by atoms with Crippen molar-refractivity contribution < 1.29 is 19.4 Å². The van der Waals surface area contributed by atoms with E-state index in [2.05, 4.69) is 17.4 Å². The van der Waals surface area contributed by atoms with Crippen LogP contribution in [0.4, 0.5) is 5.69 Å². The molecule has 2 unspecified atom stereocenters. The highest BCUT2D eigenvalue weighted by atomic mass is 16.5. The molecule has 0 heterocycles. The molecule has 2 aliphatic rings. The molecule has 0 bridgehead atoms. The fraction of sp³-hybridized carbons (Fsp3) is 0.417. The molecule has 0 aromatic heterocycles. The SMILES string of the molecule is CC1CCCC1(Oc1ccc(CC(=O)Nc2ccc3c(c2)CCC3)cc1)C(=O)O. The van der Waals surface area contributed by atoms with Crippen molar-refractivity contribution >= 4 is 17.6 Å². The van der Waals surface area contributed by atoms with Gasteiger partial charge in [0, 0.05) is 11.6 Å². The van der Waals surface area contributed by atoms with Crippen molar-refractivity contribution in [3.63, 3.8) is 0 Å². The average molecular weight is 393 g/mol. The van der Waals surface area contributed by atoms with Crippen LogP contribution in [0, 0.1) is 5.92 Å². The number of anilines is 1. The number of carboxylic acids is 1. The van der Waals surface area contributed by atoms with Gasteiger partial charge in [0.25, 0.3) is 0 Å². The first kappa shape index (κ1) is 19.5. The van der Waals surface area contributed by atoms with Crippen LogP contribution in [0.3, 0.4) is 0 Å². The van der Waals surface area contributed by atoms with Gasteiger partial charge in [-0.15, -0.1) is 0 Å². The number of benzene rings is 2. The van der Waals surface area contributed by atoms with Crippen LogP contribution >= 0.6 is 0 Å². The van der Waals surface area contributed by atoms with E-state index in [-0.39, 0.29) is 18.2 Å². The van der Waals surface area contributed by atoms with Gasteiger partial charge < -0.3 is 15.2 Å². The van der Waals surface area contributed by atoms with Crippen LogP contribution in [0.15, 0.2) is 42.5 Å². The molecule has 2 aromatic rings. The number of amides is 1. The second-order valence-electron chi connectivity index (χ2n) is 8.30. The van der Waals surface area contributed by atoms with Gasteiger partial charge in [-0.1, -0.05) is 25.1 Å². The zero-order valence-corrected chi connectivity index (χ0v) is 16.7. The van der Waals surface area contributed by atoms with E-state index in [1.165, 1.54) is 17.5 Å². The number of hydrogen-bond donors (Lipinski definition) is 2. The molecule has 0 spiro atoms. The van der Waals surface area contributed by atoms with E-state index in [1.807, 2.05) is 25.1 Å². The van der Waals surface area contributed by atoms with Gasteiger partial charge in [0.05, 0.1) is 6.42 Å². The minimum atomic E-state index is -1.15. The monoisotopic (exact) mass is 393 g/mol. The number of aliphatic carboxylic acids is 1. The molecule has 29 heavy (non-hydrogen) atoms. The number of carbonyl (C=O) groups excluding carboxylic acids is 1. The summed E-state index contributed by atoms with van der Waals surface area (Å²) in [5.74, 6) is -0.468. The Labute approximate surface area is 171 Å². The Morgan fingerprint density at radius 2 is 1.86 bits per heavy atom. The summed E-state index contributed by atoms with van der Waals surface area (Å²) in [5.41, 5.74) is 3.27. The number of rotatable bonds is 6. The third-order valence-corrected chi connectivity index (χ3v) is 6.31. The molecule has 152 valence electrons. The van der Waals surface area contributed by atoms with Gasteiger partial charge in [-0.25, -0.2) is 4.79 Å². The summed E-state index contributed by atoms with van der Waals surface area (Å²) in [6, 6.07) is 13.3. The molecular weight excluding hydrogens is 366 g/mol. The first-order chi connectivity index (χ1) is 14.0. The van der Waals surface area contributed by atoms with E-state index in [0.29, 0.717) is 12.2 Å². The molecular formula is C24H27NO4. The van der Waals surface area contributed by atoms with E-state index in [0.717, 1.165) is 36.9 Å². The molecule has 2 atom stereocenters. The van der Waals surface area contributed by atoms with E-state index < -0.39 is 11.6 Å². The zero-order valence-electron chi connectivity index (χ0n) is 16.7. The number of aryl methyl sites for hydroxylation is 2. The van der Waals surface area contributed by atoms with Gasteiger partial charge in [0.2, 0.25) is 11.5 Å². The van der Waals surface area contributed by atoms with Crippen molar-refractivity contribution in [1.82, 2.24) is 0 Å². The van der Waals surface area contributed by atoms with Crippen molar-refractivity contribution in [1.29, 1.82) is 0 Å². The Balaban J connectivity index is 1.38. The quantitative estimate of drug-likeness (QED) is 0.764. The van der Waals surface area contributed by atoms with Crippen molar-refractivity contribution in [2.75, 3.05) is 5.32 Å². The molecule has 1 saturated carbocycles. The van der Waals surface area contributed by atoms with Crippen LogP contribution in [0.5, 0.6) is 5.75 Å². The molecule has 4 rings (SSSR count). The van der Waals surface area contributed by atoms with Crippen LogP contribution < -0.4 is 10.1 Å². The second-order valence-corrected chi connectivity index (χ2v) is 8.30. The zero-order chi connectivity index (χ0) is 20.4. The lowest BCUT2D eigenvalue weighted by atomic mass is 9.92. The van der Waals surface area contributed by atoms with Gasteiger partial charge >= 0.3 is 5.97 Å². The third kappa shape index (κ3) is 4.00. The first-order valence-corrected chi connectivity index (χ1v) is 10.4. The second kappa shape index (κ2) is 7.90. The molecule has 1 fully saturated rings. The molecule has 2 aliphatic carbocycles. The van der Waals surface area contributed by atoms with E-state index in [1.54, 1.807) is 12.1 Å². The number of hydrogen-bond acceptors (Lipinski definition) is 3. The molecule has 0 saturated heterocycles. The van der Waals surface area contributed by atoms with Crippen LogP contribution in [0.1, 0.15) is 49.3 Å². The van der Waals surface area contributed by atoms with Crippen molar-refractivity contribution in [3.8, 4) is 5.75 Å². The van der Waals surface area contributed by atoms with Crippen LogP contribution in [-0.2, 0) is 28.9 Å². The molecule has 0 aliphatic heterocycles. The van der Waals surface area contributed by atoms with Gasteiger partial charge in [-0.05, 0) is 79.5 Å². The van der Waals surface area contributed by atoms with Crippen molar-refractivity contribution in [2.24, 2.45) is 5.92 Å². The van der Waals surface area contributed by atoms with Gasteiger partial charge in [-0.2, -0.15) is 0 Å². The third-order valence-electron chi connectivity index (χ3n) is 6.31. The summed E-state index contributed by atoms with van der Waals surface area (Å²) in [6.45, 7) is 1.93. The van der Waals surface area contributed by atoms with Crippen LogP contribution in [0.2, 0.25) is 0 Å². The molecule has 2 aromatic carbocycles. The smallest absolute Gasteiger partial charge is 0.348 e. The highest BCUT2D eigenvalue weighted by molar-refractivity contribution is 5.92. The van der Waals surface area contributed by atoms with Crippen molar-refractivity contribution in [3.05, 3.63) is 59.2 Å². The normalized spacial score (nSPS) is 22.9.